The van der Waals surface area contributed by atoms with Gasteiger partial charge in [-0.1, -0.05) is 15.9 Å². The van der Waals surface area contributed by atoms with E-state index in [1.807, 2.05) is 6.07 Å². The molecular weight excluding hydrogens is 287 g/mol. The van der Waals surface area contributed by atoms with Crippen molar-refractivity contribution in [1.82, 2.24) is 0 Å². The predicted molar refractivity (Wildman–Crippen MR) is 65.5 cm³/mol. The Hall–Kier alpha value is -0.450. The van der Waals surface area contributed by atoms with Gasteiger partial charge in [0, 0.05) is 16.6 Å². The molecule has 1 aromatic carbocycles. The summed E-state index contributed by atoms with van der Waals surface area (Å²) in [7, 11) is 0. The van der Waals surface area contributed by atoms with Crippen LogP contribution in [0.3, 0.4) is 0 Å². The molecule has 0 bridgehead atoms. The molecule has 0 amide bonds. The third kappa shape index (κ3) is 1.83. The quantitative estimate of drug-likeness (QED) is 0.794. The average molecular weight is 301 g/mol. The van der Waals surface area contributed by atoms with E-state index in [9.17, 15) is 4.39 Å². The first-order chi connectivity index (χ1) is 8.22. The lowest BCUT2D eigenvalue weighted by atomic mass is 9.70. The standard InChI is InChI=1S/C13H14BrFO2/c14-10-1-2-12(15)11(5-10)13-7-16-4-3-9(13)6-17-8-13/h1-2,5,9H,3-4,6-8H2/t9-,13-/m0/s1. The van der Waals surface area contributed by atoms with E-state index >= 15 is 0 Å². The molecule has 3 rings (SSSR count). The van der Waals surface area contributed by atoms with E-state index in [0.717, 1.165) is 29.7 Å². The Kier molecular flexibility index (Phi) is 2.97. The fourth-order valence-corrected chi connectivity index (χ4v) is 3.28. The molecule has 0 radical (unpaired) electrons. The van der Waals surface area contributed by atoms with Crippen LogP contribution in [-0.2, 0) is 14.9 Å². The molecule has 92 valence electrons. The van der Waals surface area contributed by atoms with Crippen LogP contribution in [0, 0.1) is 11.7 Å². The fraction of sp³-hybridized carbons (Fsp3) is 0.538. The fourth-order valence-electron chi connectivity index (χ4n) is 2.91. The highest BCUT2D eigenvalue weighted by molar-refractivity contribution is 9.10. The molecule has 0 saturated carbocycles. The Morgan fingerprint density at radius 3 is 3.00 bits per heavy atom. The topological polar surface area (TPSA) is 18.5 Å². The van der Waals surface area contributed by atoms with Crippen LogP contribution in [0.5, 0.6) is 0 Å². The lowest BCUT2D eigenvalue weighted by molar-refractivity contribution is 0.0126. The summed E-state index contributed by atoms with van der Waals surface area (Å²) < 4.78 is 26.1. The van der Waals surface area contributed by atoms with E-state index in [4.69, 9.17) is 9.47 Å². The molecule has 4 heteroatoms. The Labute approximate surface area is 108 Å². The largest absolute Gasteiger partial charge is 0.380 e. The second-order valence-electron chi connectivity index (χ2n) is 4.83. The minimum atomic E-state index is -0.286. The van der Waals surface area contributed by atoms with Crippen LogP contribution in [0.25, 0.3) is 0 Å². The summed E-state index contributed by atoms with van der Waals surface area (Å²) in [4.78, 5) is 0. The Bertz CT molecular complexity index is 437. The van der Waals surface area contributed by atoms with E-state index in [2.05, 4.69) is 15.9 Å². The second kappa shape index (κ2) is 4.34. The van der Waals surface area contributed by atoms with Crippen molar-refractivity contribution >= 4 is 15.9 Å². The van der Waals surface area contributed by atoms with Crippen LogP contribution in [0.4, 0.5) is 4.39 Å². The van der Waals surface area contributed by atoms with Crippen molar-refractivity contribution in [2.24, 2.45) is 5.92 Å². The highest BCUT2D eigenvalue weighted by Crippen LogP contribution is 2.44. The Balaban J connectivity index is 2.08. The molecule has 2 aliphatic heterocycles. The van der Waals surface area contributed by atoms with E-state index in [-0.39, 0.29) is 11.2 Å². The van der Waals surface area contributed by atoms with Gasteiger partial charge in [0.2, 0.25) is 0 Å². The van der Waals surface area contributed by atoms with Crippen molar-refractivity contribution in [3.05, 3.63) is 34.1 Å². The molecule has 2 saturated heterocycles. The number of halogens is 2. The Morgan fingerprint density at radius 2 is 2.12 bits per heavy atom. The smallest absolute Gasteiger partial charge is 0.127 e. The molecule has 0 aliphatic carbocycles. The number of fused-ring (bicyclic) bond motifs is 1. The van der Waals surface area contributed by atoms with Crippen LogP contribution in [-0.4, -0.2) is 26.4 Å². The second-order valence-corrected chi connectivity index (χ2v) is 5.75. The summed E-state index contributed by atoms with van der Waals surface area (Å²) in [5.74, 6) is 0.217. The molecule has 0 N–H and O–H groups in total. The lowest BCUT2D eigenvalue weighted by Gasteiger charge is -2.38. The average Bonchev–Trinajstić information content (AvgIpc) is 2.77. The monoisotopic (exact) mass is 300 g/mol. The highest BCUT2D eigenvalue weighted by atomic mass is 79.9. The maximum absolute atomic E-state index is 14.1. The molecular formula is C13H14BrFO2. The SMILES string of the molecule is Fc1ccc(Br)cc1[C@]12COCC[C@H]1COC2. The zero-order valence-electron chi connectivity index (χ0n) is 9.42. The van der Waals surface area contributed by atoms with E-state index in [1.165, 1.54) is 6.07 Å². The normalized spacial score (nSPS) is 32.5. The van der Waals surface area contributed by atoms with Crippen LogP contribution in [0.2, 0.25) is 0 Å². The van der Waals surface area contributed by atoms with E-state index in [1.54, 1.807) is 6.07 Å². The molecule has 2 heterocycles. The van der Waals surface area contributed by atoms with Gasteiger partial charge in [-0.3, -0.25) is 0 Å². The number of ether oxygens (including phenoxy) is 2. The third-order valence-corrected chi connectivity index (χ3v) is 4.39. The van der Waals surface area contributed by atoms with Crippen molar-refractivity contribution in [3.63, 3.8) is 0 Å². The van der Waals surface area contributed by atoms with Gasteiger partial charge in [0.05, 0.1) is 25.2 Å². The molecule has 2 nitrogen and oxygen atoms in total. The summed E-state index contributed by atoms with van der Waals surface area (Å²) in [5.41, 5.74) is 0.445. The summed E-state index contributed by atoms with van der Waals surface area (Å²) in [5, 5.41) is 0. The molecule has 2 atom stereocenters. The molecule has 0 aromatic heterocycles. The summed E-state index contributed by atoms with van der Waals surface area (Å²) in [6.45, 7) is 2.59. The van der Waals surface area contributed by atoms with Crippen LogP contribution >= 0.6 is 15.9 Å². The van der Waals surface area contributed by atoms with Gasteiger partial charge in [0.1, 0.15) is 5.82 Å². The molecule has 2 aliphatic rings. The van der Waals surface area contributed by atoms with Crippen LogP contribution < -0.4 is 0 Å². The third-order valence-electron chi connectivity index (χ3n) is 3.90. The Morgan fingerprint density at radius 1 is 1.29 bits per heavy atom. The number of benzene rings is 1. The van der Waals surface area contributed by atoms with E-state index in [0.29, 0.717) is 19.1 Å². The van der Waals surface area contributed by atoms with Crippen LogP contribution in [0.15, 0.2) is 22.7 Å². The van der Waals surface area contributed by atoms with Crippen molar-refractivity contribution in [1.29, 1.82) is 0 Å². The van der Waals surface area contributed by atoms with Crippen molar-refractivity contribution < 1.29 is 13.9 Å². The zero-order valence-corrected chi connectivity index (χ0v) is 11.0. The zero-order chi connectivity index (χ0) is 11.9. The first kappa shape index (κ1) is 11.6. The lowest BCUT2D eigenvalue weighted by Crippen LogP contribution is -2.44. The summed E-state index contributed by atoms with van der Waals surface area (Å²) >= 11 is 3.41. The van der Waals surface area contributed by atoms with Gasteiger partial charge >= 0.3 is 0 Å². The number of rotatable bonds is 1. The van der Waals surface area contributed by atoms with Gasteiger partial charge in [0.15, 0.2) is 0 Å². The highest BCUT2D eigenvalue weighted by Gasteiger charge is 2.48. The van der Waals surface area contributed by atoms with Gasteiger partial charge in [-0.2, -0.15) is 0 Å². The predicted octanol–water partition coefficient (Wildman–Crippen LogP) is 2.89. The molecule has 17 heavy (non-hydrogen) atoms. The minimum absolute atomic E-state index is 0.158. The number of hydrogen-bond donors (Lipinski definition) is 0. The molecule has 0 unspecified atom stereocenters. The van der Waals surface area contributed by atoms with Gasteiger partial charge in [-0.25, -0.2) is 4.39 Å². The minimum Gasteiger partial charge on any atom is -0.380 e. The molecule has 0 spiro atoms. The first-order valence-corrected chi connectivity index (χ1v) is 6.63. The molecule has 1 aromatic rings. The maximum atomic E-state index is 14.1. The summed E-state index contributed by atoms with van der Waals surface area (Å²) in [6.07, 6.45) is 0.950. The van der Waals surface area contributed by atoms with Crippen LogP contribution in [0.1, 0.15) is 12.0 Å². The number of hydrogen-bond acceptors (Lipinski definition) is 2. The first-order valence-electron chi connectivity index (χ1n) is 5.83. The van der Waals surface area contributed by atoms with E-state index < -0.39 is 0 Å². The maximum Gasteiger partial charge on any atom is 0.127 e. The van der Waals surface area contributed by atoms with Crippen molar-refractivity contribution in [3.8, 4) is 0 Å². The van der Waals surface area contributed by atoms with Crippen molar-refractivity contribution in [2.45, 2.75) is 11.8 Å². The van der Waals surface area contributed by atoms with Gasteiger partial charge in [0.25, 0.3) is 0 Å². The summed E-state index contributed by atoms with van der Waals surface area (Å²) in [6, 6.07) is 5.10. The van der Waals surface area contributed by atoms with Gasteiger partial charge in [-0.05, 0) is 30.5 Å². The van der Waals surface area contributed by atoms with Gasteiger partial charge in [-0.15, -0.1) is 0 Å². The van der Waals surface area contributed by atoms with Crippen molar-refractivity contribution in [2.75, 3.05) is 26.4 Å². The van der Waals surface area contributed by atoms with Gasteiger partial charge < -0.3 is 9.47 Å². The molecule has 2 fully saturated rings.